The zero-order chi connectivity index (χ0) is 35.9. The van der Waals surface area contributed by atoms with Crippen molar-refractivity contribution in [1.29, 1.82) is 0 Å². The fourth-order valence-corrected chi connectivity index (χ4v) is 6.33. The van der Waals surface area contributed by atoms with Crippen molar-refractivity contribution in [2.75, 3.05) is 33.0 Å². The average Bonchev–Trinajstić information content (AvgIpc) is 3.09. The van der Waals surface area contributed by atoms with E-state index in [4.69, 9.17) is 24.3 Å². The summed E-state index contributed by atoms with van der Waals surface area (Å²) in [6.45, 7) is 4.88. The summed E-state index contributed by atoms with van der Waals surface area (Å²) < 4.78 is 33.3. The SMILES string of the molecule is CCCC/C=C\CCCCCCCCOCC(COP(=O)(O)OCCN)OC(=O)CCCCCCCCC/C=C\CCCCCCCCC. The highest BCUT2D eigenvalue weighted by molar-refractivity contribution is 7.47. The molecule has 0 amide bonds. The second-order valence-electron chi connectivity index (χ2n) is 13.5. The molecule has 9 heteroatoms. The second kappa shape index (κ2) is 38.2. The van der Waals surface area contributed by atoms with E-state index in [0.717, 1.165) is 32.1 Å². The molecule has 3 N–H and O–H groups in total. The molecule has 0 saturated carbocycles. The van der Waals surface area contributed by atoms with Gasteiger partial charge in [0.1, 0.15) is 6.10 Å². The molecule has 0 aromatic rings. The fourth-order valence-electron chi connectivity index (χ4n) is 5.56. The molecule has 290 valence electrons. The van der Waals surface area contributed by atoms with Crippen LogP contribution in [0.3, 0.4) is 0 Å². The number of allylic oxidation sites excluding steroid dienone is 4. The summed E-state index contributed by atoms with van der Waals surface area (Å²) in [4.78, 5) is 22.4. The zero-order valence-corrected chi connectivity index (χ0v) is 32.8. The number of unbranched alkanes of at least 4 members (excludes halogenated alkanes) is 22. The van der Waals surface area contributed by atoms with Gasteiger partial charge < -0.3 is 20.1 Å². The van der Waals surface area contributed by atoms with Gasteiger partial charge >= 0.3 is 13.8 Å². The summed E-state index contributed by atoms with van der Waals surface area (Å²) in [6, 6.07) is 0. The highest BCUT2D eigenvalue weighted by Gasteiger charge is 2.25. The Kier molecular flexibility index (Phi) is 37.4. The first-order chi connectivity index (χ1) is 23.9. The number of carbonyl (C=O) groups is 1. The van der Waals surface area contributed by atoms with E-state index in [1.807, 2.05) is 0 Å². The normalized spacial score (nSPS) is 13.8. The first-order valence-corrected chi connectivity index (χ1v) is 21.8. The number of phosphoric acid groups is 1. The number of hydrogen-bond donors (Lipinski definition) is 2. The Bertz CT molecular complexity index is 807. The lowest BCUT2D eigenvalue weighted by Gasteiger charge is -2.20. The van der Waals surface area contributed by atoms with Crippen LogP contribution in [0.5, 0.6) is 0 Å². The molecule has 0 aliphatic heterocycles. The van der Waals surface area contributed by atoms with Crippen LogP contribution < -0.4 is 5.73 Å². The molecule has 0 aliphatic rings. The van der Waals surface area contributed by atoms with Crippen molar-refractivity contribution in [3.63, 3.8) is 0 Å². The smallest absolute Gasteiger partial charge is 0.457 e. The Morgan fingerprint density at radius 2 is 1.04 bits per heavy atom. The molecule has 2 unspecified atom stereocenters. The molecular formula is C40H78NO7P. The highest BCUT2D eigenvalue weighted by Crippen LogP contribution is 2.43. The molecular weight excluding hydrogens is 637 g/mol. The molecule has 0 heterocycles. The molecule has 0 aromatic heterocycles. The van der Waals surface area contributed by atoms with E-state index in [-0.39, 0.29) is 32.3 Å². The number of nitrogens with two attached hydrogens (primary N) is 1. The molecule has 2 atom stereocenters. The van der Waals surface area contributed by atoms with Gasteiger partial charge in [-0.15, -0.1) is 0 Å². The second-order valence-corrected chi connectivity index (χ2v) is 14.9. The fraction of sp³-hybridized carbons (Fsp3) is 0.875. The topological polar surface area (TPSA) is 117 Å². The Labute approximate surface area is 302 Å². The van der Waals surface area contributed by atoms with Gasteiger partial charge in [-0.25, -0.2) is 4.57 Å². The highest BCUT2D eigenvalue weighted by atomic mass is 31.2. The van der Waals surface area contributed by atoms with Crippen LogP contribution >= 0.6 is 7.82 Å². The lowest BCUT2D eigenvalue weighted by atomic mass is 10.1. The third kappa shape index (κ3) is 38.1. The van der Waals surface area contributed by atoms with Crippen LogP contribution in [-0.2, 0) is 27.9 Å². The number of esters is 1. The van der Waals surface area contributed by atoms with E-state index in [0.29, 0.717) is 13.0 Å². The molecule has 0 radical (unpaired) electrons. The maximum absolute atomic E-state index is 12.5. The van der Waals surface area contributed by atoms with Crippen LogP contribution in [0, 0.1) is 0 Å². The van der Waals surface area contributed by atoms with Crippen LogP contribution in [0.2, 0.25) is 0 Å². The van der Waals surface area contributed by atoms with Crippen molar-refractivity contribution in [1.82, 2.24) is 0 Å². The van der Waals surface area contributed by atoms with E-state index in [1.54, 1.807) is 0 Å². The van der Waals surface area contributed by atoms with E-state index >= 15 is 0 Å². The van der Waals surface area contributed by atoms with Crippen molar-refractivity contribution >= 4 is 13.8 Å². The first-order valence-electron chi connectivity index (χ1n) is 20.3. The van der Waals surface area contributed by atoms with Gasteiger partial charge in [-0.05, 0) is 57.8 Å². The van der Waals surface area contributed by atoms with Gasteiger partial charge in [0.05, 0.1) is 19.8 Å². The number of hydrogen-bond acceptors (Lipinski definition) is 7. The van der Waals surface area contributed by atoms with Crippen molar-refractivity contribution in [3.05, 3.63) is 24.3 Å². The lowest BCUT2D eigenvalue weighted by Crippen LogP contribution is -2.28. The maximum Gasteiger partial charge on any atom is 0.472 e. The monoisotopic (exact) mass is 716 g/mol. The Balaban J connectivity index is 4.04. The van der Waals surface area contributed by atoms with E-state index in [2.05, 4.69) is 38.2 Å². The van der Waals surface area contributed by atoms with Crippen molar-refractivity contribution in [3.8, 4) is 0 Å². The quantitative estimate of drug-likeness (QED) is 0.0279. The number of ether oxygens (including phenoxy) is 2. The van der Waals surface area contributed by atoms with Crippen LogP contribution in [-0.4, -0.2) is 49.9 Å². The van der Waals surface area contributed by atoms with Gasteiger partial charge in [-0.3, -0.25) is 13.8 Å². The van der Waals surface area contributed by atoms with E-state index in [1.165, 1.54) is 135 Å². The number of rotatable bonds is 39. The van der Waals surface area contributed by atoms with Crippen molar-refractivity contribution in [2.24, 2.45) is 5.73 Å². The van der Waals surface area contributed by atoms with Gasteiger partial charge in [0.15, 0.2) is 0 Å². The molecule has 0 rings (SSSR count). The summed E-state index contributed by atoms with van der Waals surface area (Å²) in [6.07, 6.45) is 40.4. The summed E-state index contributed by atoms with van der Waals surface area (Å²) in [7, 11) is -4.27. The molecule has 0 bridgehead atoms. The van der Waals surface area contributed by atoms with Gasteiger partial charge in [0.25, 0.3) is 0 Å². The predicted molar refractivity (Wildman–Crippen MR) is 206 cm³/mol. The Morgan fingerprint density at radius 1 is 0.592 bits per heavy atom. The molecule has 8 nitrogen and oxygen atoms in total. The third-order valence-corrected chi connectivity index (χ3v) is 9.58. The summed E-state index contributed by atoms with van der Waals surface area (Å²) >= 11 is 0. The molecule has 49 heavy (non-hydrogen) atoms. The van der Waals surface area contributed by atoms with E-state index < -0.39 is 13.9 Å². The zero-order valence-electron chi connectivity index (χ0n) is 31.9. The first kappa shape index (κ1) is 48.0. The van der Waals surface area contributed by atoms with Gasteiger partial charge in [0.2, 0.25) is 0 Å². The van der Waals surface area contributed by atoms with Crippen LogP contribution in [0.4, 0.5) is 0 Å². The van der Waals surface area contributed by atoms with Gasteiger partial charge in [-0.1, -0.05) is 147 Å². The summed E-state index contributed by atoms with van der Waals surface area (Å²) in [5, 5.41) is 0. The van der Waals surface area contributed by atoms with E-state index in [9.17, 15) is 14.3 Å². The largest absolute Gasteiger partial charge is 0.472 e. The van der Waals surface area contributed by atoms with Gasteiger partial charge in [-0.2, -0.15) is 0 Å². The molecule has 0 spiro atoms. The van der Waals surface area contributed by atoms with Crippen molar-refractivity contribution < 1.29 is 32.8 Å². The number of phosphoric ester groups is 1. The Morgan fingerprint density at radius 3 is 1.55 bits per heavy atom. The minimum Gasteiger partial charge on any atom is -0.457 e. The predicted octanol–water partition coefficient (Wildman–Crippen LogP) is 11.7. The molecule has 0 fully saturated rings. The molecule has 0 aromatic carbocycles. The molecule has 0 aliphatic carbocycles. The molecule has 0 saturated heterocycles. The van der Waals surface area contributed by atoms with Crippen LogP contribution in [0.1, 0.15) is 187 Å². The number of carbonyl (C=O) groups excluding carboxylic acids is 1. The maximum atomic E-state index is 12.5. The summed E-state index contributed by atoms with van der Waals surface area (Å²) in [5.74, 6) is -0.337. The van der Waals surface area contributed by atoms with Crippen molar-refractivity contribution in [2.45, 2.75) is 193 Å². The van der Waals surface area contributed by atoms with Crippen LogP contribution in [0.25, 0.3) is 0 Å². The minimum absolute atomic E-state index is 0.0964. The third-order valence-electron chi connectivity index (χ3n) is 8.59. The van der Waals surface area contributed by atoms with Gasteiger partial charge in [0, 0.05) is 19.6 Å². The Hall–Kier alpha value is -1.02. The van der Waals surface area contributed by atoms with Crippen LogP contribution in [0.15, 0.2) is 24.3 Å². The minimum atomic E-state index is -4.27. The summed E-state index contributed by atoms with van der Waals surface area (Å²) in [5.41, 5.74) is 5.36. The average molecular weight is 716 g/mol. The lowest BCUT2D eigenvalue weighted by molar-refractivity contribution is -0.154. The standard InChI is InChI=1S/C40H78NO7P/c1-3-5-7-9-11-13-15-17-18-19-20-21-22-23-25-27-29-31-33-40(42)48-39(38-47-49(43,44)46-36-34-41)37-45-35-32-30-28-26-24-16-14-12-10-8-6-4-2/h10,12,18-19,39H,3-9,11,13-17,20-38,41H2,1-2H3,(H,43,44)/b12-10-,19-18-.